The lowest BCUT2D eigenvalue weighted by atomic mass is 9.86. The molecule has 1 aliphatic rings. The van der Waals surface area contributed by atoms with Crippen LogP contribution in [0.25, 0.3) is 5.57 Å². The standard InChI is InChI=1S/C24H28N/c1-6-7-22-16-25(23-14-10-18(3)11-15-23)20(5)24(19(22)4)21-12-8-17(2)9-13-21/h8-15,20H,6-7H2,1-5H3. The summed E-state index contributed by atoms with van der Waals surface area (Å²) in [4.78, 5) is 2.31. The number of hydrogen-bond acceptors (Lipinski definition) is 1. The summed E-state index contributed by atoms with van der Waals surface area (Å²) in [6.45, 7) is 11.1. The average molecular weight is 330 g/mol. The third-order valence-electron chi connectivity index (χ3n) is 5.09. The highest BCUT2D eigenvalue weighted by atomic mass is 15.1. The molecule has 2 aromatic rings. The molecule has 1 aliphatic heterocycles. The van der Waals surface area contributed by atoms with Gasteiger partial charge in [-0.3, -0.25) is 0 Å². The summed E-state index contributed by atoms with van der Waals surface area (Å²) in [6, 6.07) is 18.0. The van der Waals surface area contributed by atoms with Gasteiger partial charge in [0, 0.05) is 5.69 Å². The first kappa shape index (κ1) is 17.5. The van der Waals surface area contributed by atoms with Crippen LogP contribution in [-0.4, -0.2) is 6.04 Å². The predicted octanol–water partition coefficient (Wildman–Crippen LogP) is 6.47. The summed E-state index contributed by atoms with van der Waals surface area (Å²) in [5.41, 5.74) is 9.26. The highest BCUT2D eigenvalue weighted by Gasteiger charge is 2.26. The van der Waals surface area contributed by atoms with E-state index in [0.29, 0.717) is 0 Å². The normalized spacial score (nSPS) is 17.7. The Kier molecular flexibility index (Phi) is 5.13. The summed E-state index contributed by atoms with van der Waals surface area (Å²) < 4.78 is 0. The van der Waals surface area contributed by atoms with Crippen molar-refractivity contribution in [3.63, 3.8) is 0 Å². The molecule has 25 heavy (non-hydrogen) atoms. The zero-order valence-electron chi connectivity index (χ0n) is 16.1. The molecule has 0 aliphatic carbocycles. The second-order valence-electron chi connectivity index (χ2n) is 7.13. The lowest BCUT2D eigenvalue weighted by molar-refractivity contribution is 0.800. The molecule has 0 N–H and O–H groups in total. The van der Waals surface area contributed by atoms with Gasteiger partial charge in [-0.1, -0.05) is 60.9 Å². The van der Waals surface area contributed by atoms with Gasteiger partial charge >= 0.3 is 0 Å². The van der Waals surface area contributed by atoms with Crippen molar-refractivity contribution in [3.8, 4) is 0 Å². The first-order valence-corrected chi connectivity index (χ1v) is 9.27. The van der Waals surface area contributed by atoms with E-state index in [0.717, 1.165) is 12.8 Å². The van der Waals surface area contributed by atoms with E-state index in [9.17, 15) is 0 Å². The molecule has 1 nitrogen and oxygen atoms in total. The predicted molar refractivity (Wildman–Crippen MR) is 109 cm³/mol. The molecule has 3 rings (SSSR count). The summed E-state index contributed by atoms with van der Waals surface area (Å²) in [5.74, 6) is 0. The molecule has 2 aromatic carbocycles. The zero-order valence-corrected chi connectivity index (χ0v) is 16.1. The minimum absolute atomic E-state index is 0.269. The molecule has 1 heteroatoms. The third kappa shape index (κ3) is 3.56. The number of anilines is 1. The van der Waals surface area contributed by atoms with E-state index >= 15 is 0 Å². The van der Waals surface area contributed by atoms with E-state index in [1.165, 1.54) is 39.1 Å². The fraction of sp³-hybridized carbons (Fsp3) is 0.333. The summed E-state index contributed by atoms with van der Waals surface area (Å²) in [6.07, 6.45) is 5.89. The number of aryl methyl sites for hydroxylation is 2. The molecule has 0 bridgehead atoms. The van der Waals surface area contributed by atoms with Crippen LogP contribution in [-0.2, 0) is 0 Å². The van der Waals surface area contributed by atoms with Gasteiger partial charge in [-0.15, -0.1) is 0 Å². The molecule has 0 saturated carbocycles. The highest BCUT2D eigenvalue weighted by molar-refractivity contribution is 5.80. The Labute approximate surface area is 152 Å². The fourth-order valence-electron chi connectivity index (χ4n) is 3.61. The van der Waals surface area contributed by atoms with Crippen molar-refractivity contribution >= 4 is 11.3 Å². The molecule has 0 spiro atoms. The minimum atomic E-state index is 0.269. The van der Waals surface area contributed by atoms with E-state index < -0.39 is 0 Å². The molecule has 1 atom stereocenters. The average Bonchev–Trinajstić information content (AvgIpc) is 2.60. The maximum atomic E-state index is 3.69. The van der Waals surface area contributed by atoms with Crippen molar-refractivity contribution in [2.24, 2.45) is 0 Å². The molecule has 0 aromatic heterocycles. The van der Waals surface area contributed by atoms with Crippen molar-refractivity contribution < 1.29 is 0 Å². The van der Waals surface area contributed by atoms with Gasteiger partial charge in [0.05, 0.1) is 12.2 Å². The molecular weight excluding hydrogens is 302 g/mol. The lowest BCUT2D eigenvalue weighted by Gasteiger charge is -2.36. The quantitative estimate of drug-likeness (QED) is 0.620. The van der Waals surface area contributed by atoms with Crippen LogP contribution in [0.3, 0.4) is 0 Å². The Bertz CT molecular complexity index is 791. The van der Waals surface area contributed by atoms with E-state index in [1.54, 1.807) is 0 Å². The Morgan fingerprint density at radius 2 is 1.44 bits per heavy atom. The molecular formula is C24H28N. The summed E-state index contributed by atoms with van der Waals surface area (Å²) >= 11 is 0. The first-order valence-electron chi connectivity index (χ1n) is 9.27. The van der Waals surface area contributed by atoms with Crippen molar-refractivity contribution in [1.29, 1.82) is 0 Å². The Balaban J connectivity index is 2.08. The highest BCUT2D eigenvalue weighted by Crippen LogP contribution is 2.37. The number of allylic oxidation sites excluding steroid dienone is 2. The van der Waals surface area contributed by atoms with Gasteiger partial charge in [0.1, 0.15) is 0 Å². The van der Waals surface area contributed by atoms with Gasteiger partial charge in [0.2, 0.25) is 0 Å². The van der Waals surface area contributed by atoms with Gasteiger partial charge in [-0.2, -0.15) is 0 Å². The van der Waals surface area contributed by atoms with Crippen molar-refractivity contribution in [1.82, 2.24) is 0 Å². The number of benzene rings is 2. The number of hydrogen-bond donors (Lipinski definition) is 0. The van der Waals surface area contributed by atoms with Gasteiger partial charge in [0.25, 0.3) is 0 Å². The van der Waals surface area contributed by atoms with E-state index in [1.807, 2.05) is 0 Å². The second kappa shape index (κ2) is 7.31. The van der Waals surface area contributed by atoms with Gasteiger partial charge in [-0.05, 0) is 68.5 Å². The van der Waals surface area contributed by atoms with Crippen LogP contribution in [0.15, 0.2) is 59.7 Å². The molecule has 1 heterocycles. The third-order valence-corrected chi connectivity index (χ3v) is 5.09. The maximum absolute atomic E-state index is 3.69. The van der Waals surface area contributed by atoms with Crippen molar-refractivity contribution in [2.45, 2.75) is 53.5 Å². The van der Waals surface area contributed by atoms with Crippen molar-refractivity contribution in [2.75, 3.05) is 4.90 Å². The molecule has 0 amide bonds. The Morgan fingerprint density at radius 1 is 0.880 bits per heavy atom. The lowest BCUT2D eigenvalue weighted by Crippen LogP contribution is -2.33. The van der Waals surface area contributed by atoms with Crippen LogP contribution >= 0.6 is 0 Å². The van der Waals surface area contributed by atoms with E-state index in [2.05, 4.69) is 94.2 Å². The summed E-state index contributed by atoms with van der Waals surface area (Å²) in [7, 11) is 0. The molecule has 129 valence electrons. The fourth-order valence-corrected chi connectivity index (χ4v) is 3.61. The second-order valence-corrected chi connectivity index (χ2v) is 7.13. The van der Waals surface area contributed by atoms with Gasteiger partial charge in [-0.25, -0.2) is 0 Å². The van der Waals surface area contributed by atoms with E-state index in [-0.39, 0.29) is 6.04 Å². The maximum Gasteiger partial charge on any atom is 0.0696 e. The summed E-state index contributed by atoms with van der Waals surface area (Å²) in [5, 5.41) is 0. The largest absolute Gasteiger partial charge is 0.332 e. The monoisotopic (exact) mass is 330 g/mol. The van der Waals surface area contributed by atoms with Crippen LogP contribution < -0.4 is 4.90 Å². The molecule has 0 fully saturated rings. The van der Waals surface area contributed by atoms with Crippen LogP contribution in [0.2, 0.25) is 0 Å². The number of nitrogens with zero attached hydrogens (tertiary/aromatic N) is 1. The topological polar surface area (TPSA) is 3.24 Å². The molecule has 1 unspecified atom stereocenters. The molecule has 0 saturated heterocycles. The smallest absolute Gasteiger partial charge is 0.0696 e. The van der Waals surface area contributed by atoms with Crippen LogP contribution in [0, 0.1) is 20.0 Å². The molecule has 1 radical (unpaired) electrons. The Morgan fingerprint density at radius 3 is 2.00 bits per heavy atom. The van der Waals surface area contributed by atoms with Gasteiger partial charge in [0.15, 0.2) is 0 Å². The van der Waals surface area contributed by atoms with Crippen LogP contribution in [0.5, 0.6) is 0 Å². The van der Waals surface area contributed by atoms with Crippen LogP contribution in [0.4, 0.5) is 5.69 Å². The van der Waals surface area contributed by atoms with E-state index in [4.69, 9.17) is 0 Å². The zero-order chi connectivity index (χ0) is 18.0. The number of rotatable bonds is 4. The van der Waals surface area contributed by atoms with Gasteiger partial charge < -0.3 is 4.90 Å². The minimum Gasteiger partial charge on any atom is -0.332 e. The van der Waals surface area contributed by atoms with Crippen LogP contribution in [0.1, 0.15) is 50.3 Å². The van der Waals surface area contributed by atoms with Crippen molar-refractivity contribution in [3.05, 3.63) is 82.6 Å². The first-order chi connectivity index (χ1) is 12.0. The SMILES string of the molecule is CCCC1=[C]N(c2ccc(C)cc2)C(C)C(c2ccc(C)cc2)=C1C. The Hall–Kier alpha value is -2.28.